The first-order valence-corrected chi connectivity index (χ1v) is 6.08. The van der Waals surface area contributed by atoms with Gasteiger partial charge in [0, 0.05) is 13.0 Å². The van der Waals surface area contributed by atoms with E-state index in [2.05, 4.69) is 5.32 Å². The molecule has 0 unspecified atom stereocenters. The Morgan fingerprint density at radius 3 is 2.70 bits per heavy atom. The van der Waals surface area contributed by atoms with Gasteiger partial charge in [-0.05, 0) is 31.0 Å². The van der Waals surface area contributed by atoms with E-state index in [1.54, 1.807) is 18.2 Å². The number of carbonyl (C=O) groups is 1. The number of rotatable bonds is 6. The van der Waals surface area contributed by atoms with Gasteiger partial charge in [-0.1, -0.05) is 6.07 Å². The molecule has 0 spiro atoms. The number of amides is 1. The van der Waals surface area contributed by atoms with Crippen molar-refractivity contribution in [2.45, 2.75) is 25.9 Å². The third-order valence-corrected chi connectivity index (χ3v) is 2.46. The van der Waals surface area contributed by atoms with Crippen LogP contribution in [-0.4, -0.2) is 25.3 Å². The minimum Gasteiger partial charge on any atom is -0.397 e. The topological polar surface area (TPSA) is 64.3 Å². The molecule has 7 heteroatoms. The van der Waals surface area contributed by atoms with Crippen molar-refractivity contribution in [2.75, 3.05) is 24.3 Å². The summed E-state index contributed by atoms with van der Waals surface area (Å²) in [6, 6.07) is 5.15. The number of benzene rings is 1. The Balaban J connectivity index is 2.27. The Labute approximate surface area is 115 Å². The lowest BCUT2D eigenvalue weighted by molar-refractivity contribution is -0.138. The summed E-state index contributed by atoms with van der Waals surface area (Å²) in [5.41, 5.74) is 7.56. The quantitative estimate of drug-likeness (QED) is 0.625. The van der Waals surface area contributed by atoms with Gasteiger partial charge in [0.1, 0.15) is 6.61 Å². The van der Waals surface area contributed by atoms with Crippen LogP contribution in [0, 0.1) is 6.92 Å². The average molecular weight is 290 g/mol. The molecule has 20 heavy (non-hydrogen) atoms. The van der Waals surface area contributed by atoms with Crippen LogP contribution in [0.4, 0.5) is 24.5 Å². The molecule has 0 aliphatic rings. The molecule has 3 N–H and O–H groups in total. The lowest BCUT2D eigenvalue weighted by Crippen LogP contribution is -2.20. The number of alkyl halides is 3. The van der Waals surface area contributed by atoms with Gasteiger partial charge in [0.2, 0.25) is 5.91 Å². The van der Waals surface area contributed by atoms with Crippen molar-refractivity contribution < 1.29 is 22.7 Å². The number of hydrogen-bond acceptors (Lipinski definition) is 3. The van der Waals surface area contributed by atoms with Gasteiger partial charge in [-0.15, -0.1) is 0 Å². The first-order chi connectivity index (χ1) is 9.28. The third kappa shape index (κ3) is 6.42. The minimum absolute atomic E-state index is 0.115. The normalized spacial score (nSPS) is 11.4. The zero-order valence-corrected chi connectivity index (χ0v) is 11.1. The van der Waals surface area contributed by atoms with Gasteiger partial charge in [-0.25, -0.2) is 0 Å². The van der Waals surface area contributed by atoms with Gasteiger partial charge >= 0.3 is 6.18 Å². The molecular weight excluding hydrogens is 273 g/mol. The smallest absolute Gasteiger partial charge is 0.389 e. The van der Waals surface area contributed by atoms with E-state index >= 15 is 0 Å². The molecule has 0 bridgehead atoms. The second-order valence-electron chi connectivity index (χ2n) is 4.41. The predicted molar refractivity (Wildman–Crippen MR) is 70.3 cm³/mol. The number of hydrogen-bond donors (Lipinski definition) is 2. The molecule has 0 heterocycles. The highest BCUT2D eigenvalue weighted by atomic mass is 19.4. The number of aryl methyl sites for hydroxylation is 1. The Hall–Kier alpha value is -1.76. The molecule has 1 rings (SSSR count). The highest BCUT2D eigenvalue weighted by Crippen LogP contribution is 2.21. The largest absolute Gasteiger partial charge is 0.397 e. The summed E-state index contributed by atoms with van der Waals surface area (Å²) in [5, 5.41) is 2.53. The van der Waals surface area contributed by atoms with Crippen LogP contribution in [0.15, 0.2) is 18.2 Å². The van der Waals surface area contributed by atoms with Gasteiger partial charge < -0.3 is 15.8 Å². The molecular formula is C13H17F3N2O2. The van der Waals surface area contributed by atoms with Crippen LogP contribution in [0.2, 0.25) is 0 Å². The molecule has 0 saturated carbocycles. The van der Waals surface area contributed by atoms with Gasteiger partial charge in [0.15, 0.2) is 0 Å². The maximum atomic E-state index is 11.9. The van der Waals surface area contributed by atoms with Crippen LogP contribution in [-0.2, 0) is 9.53 Å². The predicted octanol–water partition coefficient (Wildman–Crippen LogP) is 2.87. The van der Waals surface area contributed by atoms with E-state index < -0.39 is 18.5 Å². The lowest BCUT2D eigenvalue weighted by atomic mass is 10.2. The molecule has 0 aliphatic heterocycles. The summed E-state index contributed by atoms with van der Waals surface area (Å²) in [5.74, 6) is -0.451. The van der Waals surface area contributed by atoms with Crippen molar-refractivity contribution in [2.24, 2.45) is 0 Å². The van der Waals surface area contributed by atoms with E-state index in [-0.39, 0.29) is 19.6 Å². The number of nitrogens with one attached hydrogen (secondary N) is 1. The maximum Gasteiger partial charge on any atom is 0.389 e. The van der Waals surface area contributed by atoms with Crippen LogP contribution in [0.5, 0.6) is 0 Å². The third-order valence-electron chi connectivity index (χ3n) is 2.46. The van der Waals surface area contributed by atoms with Gasteiger partial charge in [0.05, 0.1) is 11.4 Å². The fraction of sp³-hybridized carbons (Fsp3) is 0.462. The summed E-state index contributed by atoms with van der Waals surface area (Å²) in [4.78, 5) is 11.5. The zero-order valence-electron chi connectivity index (χ0n) is 11.1. The monoisotopic (exact) mass is 290 g/mol. The zero-order chi connectivity index (χ0) is 15.2. The summed E-state index contributed by atoms with van der Waals surface area (Å²) < 4.78 is 40.4. The Kier molecular flexibility index (Phi) is 5.82. The molecule has 4 nitrogen and oxygen atoms in total. The highest BCUT2D eigenvalue weighted by Gasteiger charge is 2.25. The second-order valence-corrected chi connectivity index (χ2v) is 4.41. The fourth-order valence-electron chi connectivity index (χ4n) is 1.52. The van der Waals surface area contributed by atoms with Gasteiger partial charge in [-0.2, -0.15) is 13.2 Å². The SMILES string of the molecule is Cc1ccc(NC(=O)COCCCC(F)(F)F)c(N)c1. The van der Waals surface area contributed by atoms with Gasteiger partial charge in [-0.3, -0.25) is 4.79 Å². The Morgan fingerprint density at radius 1 is 1.40 bits per heavy atom. The summed E-state index contributed by atoms with van der Waals surface area (Å²) >= 11 is 0. The molecule has 1 aromatic carbocycles. The Morgan fingerprint density at radius 2 is 2.10 bits per heavy atom. The molecule has 112 valence electrons. The van der Waals surface area contributed by atoms with Crippen molar-refractivity contribution in [1.82, 2.24) is 0 Å². The van der Waals surface area contributed by atoms with E-state index in [9.17, 15) is 18.0 Å². The van der Waals surface area contributed by atoms with Crippen LogP contribution in [0.25, 0.3) is 0 Å². The van der Waals surface area contributed by atoms with Crippen LogP contribution < -0.4 is 11.1 Å². The van der Waals surface area contributed by atoms with E-state index in [4.69, 9.17) is 10.5 Å². The first kappa shape index (κ1) is 16.3. The van der Waals surface area contributed by atoms with Crippen molar-refractivity contribution >= 4 is 17.3 Å². The summed E-state index contributed by atoms with van der Waals surface area (Å²) in [6.07, 6.45) is -5.27. The molecule has 1 aromatic rings. The summed E-state index contributed by atoms with van der Waals surface area (Å²) in [6.45, 7) is 1.45. The molecule has 0 saturated heterocycles. The molecule has 0 aliphatic carbocycles. The van der Waals surface area contributed by atoms with Crippen molar-refractivity contribution in [3.8, 4) is 0 Å². The molecule has 0 fully saturated rings. The van der Waals surface area contributed by atoms with E-state index in [0.717, 1.165) is 5.56 Å². The van der Waals surface area contributed by atoms with E-state index in [1.807, 2.05) is 6.92 Å². The second kappa shape index (κ2) is 7.14. The number of nitrogen functional groups attached to an aromatic ring is 1. The number of ether oxygens (including phenoxy) is 1. The molecule has 0 atom stereocenters. The number of halogens is 3. The Bertz CT molecular complexity index is 461. The van der Waals surface area contributed by atoms with E-state index in [0.29, 0.717) is 11.4 Å². The molecule has 0 aromatic heterocycles. The van der Waals surface area contributed by atoms with Crippen molar-refractivity contribution in [1.29, 1.82) is 0 Å². The number of anilines is 2. The average Bonchev–Trinajstić information content (AvgIpc) is 2.31. The number of carbonyl (C=O) groups excluding carboxylic acids is 1. The maximum absolute atomic E-state index is 11.9. The van der Waals surface area contributed by atoms with E-state index in [1.165, 1.54) is 0 Å². The van der Waals surface area contributed by atoms with Crippen molar-refractivity contribution in [3.63, 3.8) is 0 Å². The van der Waals surface area contributed by atoms with Crippen LogP contribution in [0.3, 0.4) is 0 Å². The lowest BCUT2D eigenvalue weighted by Gasteiger charge is -2.09. The minimum atomic E-state index is -4.19. The molecule has 0 radical (unpaired) electrons. The van der Waals surface area contributed by atoms with Crippen molar-refractivity contribution in [3.05, 3.63) is 23.8 Å². The first-order valence-electron chi connectivity index (χ1n) is 6.08. The summed E-state index contributed by atoms with van der Waals surface area (Å²) in [7, 11) is 0. The van der Waals surface area contributed by atoms with Crippen LogP contribution >= 0.6 is 0 Å². The highest BCUT2D eigenvalue weighted by molar-refractivity contribution is 5.94. The number of nitrogens with two attached hydrogens (primary N) is 1. The standard InChI is InChI=1S/C13H17F3N2O2/c1-9-3-4-11(10(17)7-9)18-12(19)8-20-6-2-5-13(14,15)16/h3-4,7H,2,5-6,8,17H2,1H3,(H,18,19). The van der Waals surface area contributed by atoms with Crippen LogP contribution in [0.1, 0.15) is 18.4 Å². The van der Waals surface area contributed by atoms with Gasteiger partial charge in [0.25, 0.3) is 0 Å². The fourth-order valence-corrected chi connectivity index (χ4v) is 1.52. The molecule has 1 amide bonds.